The Morgan fingerprint density at radius 1 is 1.30 bits per heavy atom. The third kappa shape index (κ3) is 5.71. The van der Waals surface area contributed by atoms with Crippen molar-refractivity contribution in [2.24, 2.45) is 11.8 Å². The van der Waals surface area contributed by atoms with Crippen LogP contribution in [0.15, 0.2) is 0 Å². The fraction of sp³-hybridized carbons (Fsp3) is 1.00. The van der Waals surface area contributed by atoms with E-state index in [1.165, 1.54) is 32.2 Å². The van der Waals surface area contributed by atoms with Crippen molar-refractivity contribution in [2.75, 3.05) is 33.4 Å². The summed E-state index contributed by atoms with van der Waals surface area (Å²) in [7, 11) is 1.80. The molecule has 1 aliphatic rings. The number of rotatable bonds is 9. The van der Waals surface area contributed by atoms with Gasteiger partial charge in [0.2, 0.25) is 0 Å². The zero-order chi connectivity index (χ0) is 15.0. The van der Waals surface area contributed by atoms with Crippen LogP contribution in [0.2, 0.25) is 0 Å². The molecule has 0 spiro atoms. The van der Waals surface area contributed by atoms with Crippen molar-refractivity contribution in [2.45, 2.75) is 65.5 Å². The Hall–Kier alpha value is -0.120. The van der Waals surface area contributed by atoms with Crippen LogP contribution in [0.5, 0.6) is 0 Å². The predicted molar refractivity (Wildman–Crippen MR) is 87.2 cm³/mol. The molecule has 1 rings (SSSR count). The number of methoxy groups -OCH3 is 1. The van der Waals surface area contributed by atoms with Gasteiger partial charge in [-0.15, -0.1) is 0 Å². The number of nitrogens with one attached hydrogen (secondary N) is 1. The molecule has 0 aromatic carbocycles. The Kier molecular flexibility index (Phi) is 8.74. The minimum absolute atomic E-state index is 0.657. The maximum atomic E-state index is 5.29. The van der Waals surface area contributed by atoms with E-state index in [0.29, 0.717) is 12.1 Å². The first-order chi connectivity index (χ1) is 9.62. The van der Waals surface area contributed by atoms with E-state index in [2.05, 4.69) is 37.9 Å². The molecule has 0 bridgehead atoms. The van der Waals surface area contributed by atoms with E-state index in [0.717, 1.165) is 31.5 Å². The van der Waals surface area contributed by atoms with Crippen molar-refractivity contribution in [3.63, 3.8) is 0 Å². The maximum Gasteiger partial charge on any atom is 0.0589 e. The molecule has 1 fully saturated rings. The first-order valence-corrected chi connectivity index (χ1v) is 8.58. The third-order valence-electron chi connectivity index (χ3n) is 4.98. The molecule has 0 aromatic rings. The second-order valence-electron chi connectivity index (χ2n) is 6.59. The molecule has 20 heavy (non-hydrogen) atoms. The first kappa shape index (κ1) is 17.9. The van der Waals surface area contributed by atoms with Crippen molar-refractivity contribution in [1.82, 2.24) is 10.2 Å². The van der Waals surface area contributed by atoms with Gasteiger partial charge in [-0.1, -0.05) is 20.8 Å². The van der Waals surface area contributed by atoms with Crippen molar-refractivity contribution < 1.29 is 4.74 Å². The summed E-state index contributed by atoms with van der Waals surface area (Å²) in [5.41, 5.74) is 0. The molecule has 0 amide bonds. The van der Waals surface area contributed by atoms with Crippen LogP contribution in [0, 0.1) is 11.8 Å². The summed E-state index contributed by atoms with van der Waals surface area (Å²) in [5, 5.41) is 3.72. The molecule has 1 saturated carbocycles. The van der Waals surface area contributed by atoms with Crippen molar-refractivity contribution in [3.8, 4) is 0 Å². The van der Waals surface area contributed by atoms with Crippen LogP contribution in [0.25, 0.3) is 0 Å². The molecular formula is C17H36N2O. The van der Waals surface area contributed by atoms with Crippen LogP contribution in [0.1, 0.15) is 53.4 Å². The van der Waals surface area contributed by atoms with Crippen molar-refractivity contribution >= 4 is 0 Å². The summed E-state index contributed by atoms with van der Waals surface area (Å²) >= 11 is 0. The van der Waals surface area contributed by atoms with E-state index in [1.807, 2.05) is 0 Å². The SMILES string of the molecule is CCNC1CCC(C)CC1CN(CCOC)C(C)CC. The molecule has 0 radical (unpaired) electrons. The van der Waals surface area contributed by atoms with Gasteiger partial charge < -0.3 is 10.1 Å². The van der Waals surface area contributed by atoms with Gasteiger partial charge in [0.25, 0.3) is 0 Å². The van der Waals surface area contributed by atoms with Gasteiger partial charge in [-0.25, -0.2) is 0 Å². The fourth-order valence-corrected chi connectivity index (χ4v) is 3.49. The van der Waals surface area contributed by atoms with Crippen LogP contribution in [-0.4, -0.2) is 50.3 Å². The van der Waals surface area contributed by atoms with E-state index in [1.54, 1.807) is 7.11 Å². The summed E-state index contributed by atoms with van der Waals surface area (Å²) in [6, 6.07) is 1.37. The van der Waals surface area contributed by atoms with Crippen LogP contribution >= 0.6 is 0 Å². The average Bonchev–Trinajstić information content (AvgIpc) is 2.45. The van der Waals surface area contributed by atoms with Gasteiger partial charge in [-0.2, -0.15) is 0 Å². The van der Waals surface area contributed by atoms with E-state index < -0.39 is 0 Å². The van der Waals surface area contributed by atoms with E-state index in [4.69, 9.17) is 4.74 Å². The molecule has 0 saturated heterocycles. The molecule has 1 aliphatic carbocycles. The van der Waals surface area contributed by atoms with Gasteiger partial charge in [0, 0.05) is 32.3 Å². The Labute approximate surface area is 126 Å². The van der Waals surface area contributed by atoms with Gasteiger partial charge in [0.15, 0.2) is 0 Å². The Bertz CT molecular complexity index is 247. The highest BCUT2D eigenvalue weighted by atomic mass is 16.5. The normalized spacial score (nSPS) is 28.8. The number of hydrogen-bond acceptors (Lipinski definition) is 3. The standard InChI is InChI=1S/C17H36N2O/c1-6-15(4)19(10-11-20-5)13-16-12-14(3)8-9-17(16)18-7-2/h14-18H,6-13H2,1-5H3. The maximum absolute atomic E-state index is 5.29. The second-order valence-corrected chi connectivity index (χ2v) is 6.59. The van der Waals surface area contributed by atoms with Gasteiger partial charge in [-0.3, -0.25) is 4.90 Å². The highest BCUT2D eigenvalue weighted by Gasteiger charge is 2.30. The van der Waals surface area contributed by atoms with E-state index in [9.17, 15) is 0 Å². The first-order valence-electron chi connectivity index (χ1n) is 8.58. The molecular weight excluding hydrogens is 248 g/mol. The molecule has 1 N–H and O–H groups in total. The lowest BCUT2D eigenvalue weighted by atomic mass is 9.78. The molecule has 4 unspecified atom stereocenters. The summed E-state index contributed by atoms with van der Waals surface area (Å²) in [6.45, 7) is 13.5. The second kappa shape index (κ2) is 9.75. The van der Waals surface area contributed by atoms with Crippen LogP contribution in [0.3, 0.4) is 0 Å². The van der Waals surface area contributed by atoms with Crippen molar-refractivity contribution in [3.05, 3.63) is 0 Å². The Morgan fingerprint density at radius 2 is 2.05 bits per heavy atom. The summed E-state index contributed by atoms with van der Waals surface area (Å²) in [5.74, 6) is 1.68. The van der Waals surface area contributed by atoms with Crippen LogP contribution < -0.4 is 5.32 Å². The van der Waals surface area contributed by atoms with Crippen LogP contribution in [-0.2, 0) is 4.74 Å². The molecule has 120 valence electrons. The van der Waals surface area contributed by atoms with Gasteiger partial charge >= 0.3 is 0 Å². The van der Waals surface area contributed by atoms with Gasteiger partial charge in [0.05, 0.1) is 6.61 Å². The summed E-state index contributed by atoms with van der Waals surface area (Å²) in [4.78, 5) is 2.64. The zero-order valence-corrected chi connectivity index (χ0v) is 14.3. The van der Waals surface area contributed by atoms with Gasteiger partial charge in [0.1, 0.15) is 0 Å². The zero-order valence-electron chi connectivity index (χ0n) is 14.3. The van der Waals surface area contributed by atoms with E-state index >= 15 is 0 Å². The smallest absolute Gasteiger partial charge is 0.0589 e. The van der Waals surface area contributed by atoms with Gasteiger partial charge in [-0.05, 0) is 51.0 Å². The monoisotopic (exact) mass is 284 g/mol. The number of hydrogen-bond donors (Lipinski definition) is 1. The molecule has 3 heteroatoms. The molecule has 4 atom stereocenters. The lowest BCUT2D eigenvalue weighted by Crippen LogP contribution is -2.48. The molecule has 0 aliphatic heterocycles. The predicted octanol–water partition coefficient (Wildman–Crippen LogP) is 3.15. The molecule has 3 nitrogen and oxygen atoms in total. The number of nitrogens with zero attached hydrogens (tertiary/aromatic N) is 1. The Morgan fingerprint density at radius 3 is 2.65 bits per heavy atom. The van der Waals surface area contributed by atoms with Crippen LogP contribution in [0.4, 0.5) is 0 Å². The summed E-state index contributed by atoms with van der Waals surface area (Å²) in [6.07, 6.45) is 5.32. The molecule has 0 aromatic heterocycles. The number of ether oxygens (including phenoxy) is 1. The lowest BCUT2D eigenvalue weighted by Gasteiger charge is -2.40. The summed E-state index contributed by atoms with van der Waals surface area (Å²) < 4.78 is 5.29. The highest BCUT2D eigenvalue weighted by Crippen LogP contribution is 2.30. The average molecular weight is 284 g/mol. The Balaban J connectivity index is 2.61. The quantitative estimate of drug-likeness (QED) is 0.704. The minimum Gasteiger partial charge on any atom is -0.383 e. The third-order valence-corrected chi connectivity index (χ3v) is 4.98. The fourth-order valence-electron chi connectivity index (χ4n) is 3.49. The molecule has 0 heterocycles. The highest BCUT2D eigenvalue weighted by molar-refractivity contribution is 4.86. The lowest BCUT2D eigenvalue weighted by molar-refractivity contribution is 0.0848. The van der Waals surface area contributed by atoms with E-state index in [-0.39, 0.29) is 0 Å². The largest absolute Gasteiger partial charge is 0.383 e. The topological polar surface area (TPSA) is 24.5 Å². The minimum atomic E-state index is 0.657. The van der Waals surface area contributed by atoms with Crippen molar-refractivity contribution in [1.29, 1.82) is 0 Å².